The van der Waals surface area contributed by atoms with E-state index >= 15 is 0 Å². The molecule has 16 heavy (non-hydrogen) atoms. The second kappa shape index (κ2) is 4.56. The fourth-order valence-electron chi connectivity index (χ4n) is 1.36. The SMILES string of the molecule is Cc1ccc(C(C)(C)C)cc1OCC(=O)O. The van der Waals surface area contributed by atoms with Crippen LogP contribution in [0.4, 0.5) is 0 Å². The van der Waals surface area contributed by atoms with E-state index in [0.29, 0.717) is 5.75 Å². The number of hydrogen-bond acceptors (Lipinski definition) is 2. The first-order valence-corrected chi connectivity index (χ1v) is 5.26. The summed E-state index contributed by atoms with van der Waals surface area (Å²) in [6.45, 7) is 7.94. The van der Waals surface area contributed by atoms with Crippen molar-refractivity contribution in [2.75, 3.05) is 6.61 Å². The van der Waals surface area contributed by atoms with E-state index in [4.69, 9.17) is 9.84 Å². The van der Waals surface area contributed by atoms with Crippen molar-refractivity contribution < 1.29 is 14.6 Å². The molecule has 3 nitrogen and oxygen atoms in total. The Labute approximate surface area is 96.1 Å². The molecule has 0 amide bonds. The summed E-state index contributed by atoms with van der Waals surface area (Å²) in [5.74, 6) is -0.310. The summed E-state index contributed by atoms with van der Waals surface area (Å²) < 4.78 is 5.23. The first-order valence-electron chi connectivity index (χ1n) is 5.26. The molecule has 0 radical (unpaired) electrons. The van der Waals surface area contributed by atoms with E-state index in [0.717, 1.165) is 11.1 Å². The van der Waals surface area contributed by atoms with E-state index in [2.05, 4.69) is 20.8 Å². The summed E-state index contributed by atoms with van der Waals surface area (Å²) >= 11 is 0. The van der Waals surface area contributed by atoms with Gasteiger partial charge >= 0.3 is 5.97 Å². The van der Waals surface area contributed by atoms with Gasteiger partial charge in [-0.05, 0) is 29.5 Å². The number of aliphatic carboxylic acids is 1. The third-order valence-electron chi connectivity index (χ3n) is 2.41. The molecule has 0 unspecified atom stereocenters. The molecule has 0 fully saturated rings. The van der Waals surface area contributed by atoms with E-state index in [1.165, 1.54) is 0 Å². The van der Waals surface area contributed by atoms with Gasteiger partial charge in [-0.2, -0.15) is 0 Å². The Hall–Kier alpha value is -1.51. The van der Waals surface area contributed by atoms with Crippen LogP contribution in [0.2, 0.25) is 0 Å². The molecule has 0 aromatic heterocycles. The zero-order valence-electron chi connectivity index (χ0n) is 10.2. The molecule has 0 saturated heterocycles. The van der Waals surface area contributed by atoms with Crippen LogP contribution in [0, 0.1) is 6.92 Å². The number of carboxylic acid groups (broad SMARTS) is 1. The van der Waals surface area contributed by atoms with Crippen molar-refractivity contribution in [3.05, 3.63) is 29.3 Å². The number of carbonyl (C=O) groups is 1. The van der Waals surface area contributed by atoms with Gasteiger partial charge in [0, 0.05) is 0 Å². The number of carboxylic acids is 1. The maximum atomic E-state index is 10.4. The van der Waals surface area contributed by atoms with Crippen LogP contribution in [0.15, 0.2) is 18.2 Å². The maximum absolute atomic E-state index is 10.4. The minimum atomic E-state index is -0.958. The van der Waals surface area contributed by atoms with Crippen LogP contribution >= 0.6 is 0 Å². The minimum Gasteiger partial charge on any atom is -0.482 e. The lowest BCUT2D eigenvalue weighted by Gasteiger charge is -2.20. The van der Waals surface area contributed by atoms with Gasteiger partial charge in [0.1, 0.15) is 5.75 Å². The Morgan fingerprint density at radius 3 is 2.50 bits per heavy atom. The van der Waals surface area contributed by atoms with Gasteiger partial charge in [0.15, 0.2) is 6.61 Å². The molecule has 1 aromatic carbocycles. The van der Waals surface area contributed by atoms with Crippen molar-refractivity contribution in [2.45, 2.75) is 33.1 Å². The molecule has 0 saturated carbocycles. The highest BCUT2D eigenvalue weighted by Crippen LogP contribution is 2.28. The zero-order valence-corrected chi connectivity index (χ0v) is 10.2. The smallest absolute Gasteiger partial charge is 0.341 e. The van der Waals surface area contributed by atoms with Crippen LogP contribution in [-0.2, 0) is 10.2 Å². The highest BCUT2D eigenvalue weighted by atomic mass is 16.5. The van der Waals surface area contributed by atoms with E-state index in [1.54, 1.807) is 0 Å². The molecule has 0 heterocycles. The van der Waals surface area contributed by atoms with Gasteiger partial charge in [-0.25, -0.2) is 4.79 Å². The van der Waals surface area contributed by atoms with Gasteiger partial charge in [0.05, 0.1) is 0 Å². The summed E-state index contributed by atoms with van der Waals surface area (Å²) in [5.41, 5.74) is 2.13. The average molecular weight is 222 g/mol. The molecule has 0 atom stereocenters. The lowest BCUT2D eigenvalue weighted by molar-refractivity contribution is -0.139. The fourth-order valence-corrected chi connectivity index (χ4v) is 1.36. The highest BCUT2D eigenvalue weighted by Gasteiger charge is 2.15. The molecule has 0 aliphatic heterocycles. The third-order valence-corrected chi connectivity index (χ3v) is 2.41. The van der Waals surface area contributed by atoms with E-state index in [1.807, 2.05) is 25.1 Å². The van der Waals surface area contributed by atoms with E-state index in [-0.39, 0.29) is 12.0 Å². The third kappa shape index (κ3) is 3.26. The van der Waals surface area contributed by atoms with Gasteiger partial charge in [-0.3, -0.25) is 0 Å². The number of ether oxygens (including phenoxy) is 1. The summed E-state index contributed by atoms with van der Waals surface area (Å²) in [4.78, 5) is 10.4. The van der Waals surface area contributed by atoms with Crippen molar-refractivity contribution in [1.29, 1.82) is 0 Å². The van der Waals surface area contributed by atoms with Crippen molar-refractivity contribution in [1.82, 2.24) is 0 Å². The molecule has 0 aliphatic rings. The number of rotatable bonds is 3. The Kier molecular flexibility index (Phi) is 3.58. The maximum Gasteiger partial charge on any atom is 0.341 e. The van der Waals surface area contributed by atoms with Crippen LogP contribution in [-0.4, -0.2) is 17.7 Å². The van der Waals surface area contributed by atoms with Crippen LogP contribution in [0.3, 0.4) is 0 Å². The molecule has 1 aromatic rings. The molecular formula is C13H18O3. The van der Waals surface area contributed by atoms with Gasteiger partial charge in [-0.15, -0.1) is 0 Å². The van der Waals surface area contributed by atoms with Crippen molar-refractivity contribution in [3.63, 3.8) is 0 Å². The molecule has 88 valence electrons. The Morgan fingerprint density at radius 1 is 1.38 bits per heavy atom. The lowest BCUT2D eigenvalue weighted by Crippen LogP contribution is -2.13. The van der Waals surface area contributed by atoms with Gasteiger partial charge in [0.25, 0.3) is 0 Å². The zero-order chi connectivity index (χ0) is 12.3. The Balaban J connectivity index is 2.95. The second-order valence-electron chi connectivity index (χ2n) is 4.91. The van der Waals surface area contributed by atoms with Gasteiger partial charge < -0.3 is 9.84 Å². The van der Waals surface area contributed by atoms with Crippen LogP contribution in [0.25, 0.3) is 0 Å². The van der Waals surface area contributed by atoms with Crippen molar-refractivity contribution in [3.8, 4) is 5.75 Å². The monoisotopic (exact) mass is 222 g/mol. The van der Waals surface area contributed by atoms with Crippen LogP contribution < -0.4 is 4.74 Å². The number of aryl methyl sites for hydroxylation is 1. The Morgan fingerprint density at radius 2 is 2.00 bits per heavy atom. The molecule has 0 spiro atoms. The molecule has 0 bridgehead atoms. The van der Waals surface area contributed by atoms with Crippen LogP contribution in [0.5, 0.6) is 5.75 Å². The number of benzene rings is 1. The molecule has 1 rings (SSSR count). The average Bonchev–Trinajstić information content (AvgIpc) is 2.14. The first kappa shape index (κ1) is 12.6. The minimum absolute atomic E-state index is 0.0367. The molecule has 3 heteroatoms. The second-order valence-corrected chi connectivity index (χ2v) is 4.91. The summed E-state index contributed by atoms with van der Waals surface area (Å²) in [7, 11) is 0. The quantitative estimate of drug-likeness (QED) is 0.855. The molecular weight excluding hydrogens is 204 g/mol. The molecule has 0 aliphatic carbocycles. The lowest BCUT2D eigenvalue weighted by atomic mass is 9.86. The number of hydrogen-bond donors (Lipinski definition) is 1. The highest BCUT2D eigenvalue weighted by molar-refractivity contribution is 5.68. The Bertz CT molecular complexity index is 389. The van der Waals surface area contributed by atoms with E-state index in [9.17, 15) is 4.79 Å². The predicted octanol–water partition coefficient (Wildman–Crippen LogP) is 2.76. The fraction of sp³-hybridized carbons (Fsp3) is 0.462. The van der Waals surface area contributed by atoms with Gasteiger partial charge in [-0.1, -0.05) is 32.9 Å². The van der Waals surface area contributed by atoms with Crippen molar-refractivity contribution >= 4 is 5.97 Å². The standard InChI is InChI=1S/C13H18O3/c1-9-5-6-10(13(2,3)4)7-11(9)16-8-12(14)15/h5-7H,8H2,1-4H3,(H,14,15). The van der Waals surface area contributed by atoms with Crippen LogP contribution in [0.1, 0.15) is 31.9 Å². The predicted molar refractivity (Wildman–Crippen MR) is 63.0 cm³/mol. The largest absolute Gasteiger partial charge is 0.482 e. The van der Waals surface area contributed by atoms with E-state index < -0.39 is 5.97 Å². The normalized spacial score (nSPS) is 11.2. The molecule has 1 N–H and O–H groups in total. The summed E-state index contributed by atoms with van der Waals surface area (Å²) in [5, 5.41) is 8.57. The summed E-state index contributed by atoms with van der Waals surface area (Å²) in [6, 6.07) is 5.92. The summed E-state index contributed by atoms with van der Waals surface area (Å²) in [6.07, 6.45) is 0. The topological polar surface area (TPSA) is 46.5 Å². The van der Waals surface area contributed by atoms with Crippen molar-refractivity contribution in [2.24, 2.45) is 0 Å². The van der Waals surface area contributed by atoms with Gasteiger partial charge in [0.2, 0.25) is 0 Å². The first-order chi connectivity index (χ1) is 7.30.